The Bertz CT molecular complexity index is 779. The van der Waals surface area contributed by atoms with E-state index in [0.717, 1.165) is 15.6 Å². The fraction of sp³-hybridized carbons (Fsp3) is 0.0588. The number of ketones is 1. The number of carbonyl (C=O) groups excluding carboxylic acids is 1. The van der Waals surface area contributed by atoms with Gasteiger partial charge in [0.2, 0.25) is 0 Å². The van der Waals surface area contributed by atoms with Crippen molar-refractivity contribution >= 4 is 35.0 Å². The highest BCUT2D eigenvalue weighted by Gasteiger charge is 2.19. The van der Waals surface area contributed by atoms with E-state index in [1.54, 1.807) is 12.1 Å². The minimum Gasteiger partial charge on any atom is -0.348 e. The number of hydrogen-bond donors (Lipinski definition) is 1. The van der Waals surface area contributed by atoms with Gasteiger partial charge in [-0.1, -0.05) is 66.0 Å². The summed E-state index contributed by atoms with van der Waals surface area (Å²) in [4.78, 5) is 13.8. The Morgan fingerprint density at radius 3 is 2.64 bits per heavy atom. The monoisotopic (exact) mass is 324 g/mol. The lowest BCUT2D eigenvalue weighted by Gasteiger charge is -2.20. The van der Waals surface area contributed by atoms with E-state index >= 15 is 0 Å². The molecule has 0 saturated carbocycles. The number of rotatable bonds is 4. The third-order valence-corrected chi connectivity index (χ3v) is 5.30. The molecular formula is C17H12N2OS2. The normalized spacial score (nSPS) is 13.0. The molecule has 0 aromatic heterocycles. The summed E-state index contributed by atoms with van der Waals surface area (Å²) in [6.45, 7) is 0. The number of anilines is 1. The SMILES string of the molecule is N#CC1=C(SCC(=O)c2ccccc2)Nc2ccccc2S1. The maximum absolute atomic E-state index is 12.2. The molecule has 0 saturated heterocycles. The second-order valence-corrected chi connectivity index (χ2v) is 6.61. The van der Waals surface area contributed by atoms with E-state index in [4.69, 9.17) is 0 Å². The van der Waals surface area contributed by atoms with Gasteiger partial charge in [-0.15, -0.1) is 0 Å². The predicted octanol–water partition coefficient (Wildman–Crippen LogP) is 4.51. The van der Waals surface area contributed by atoms with E-state index < -0.39 is 0 Å². The number of nitrogens with one attached hydrogen (secondary N) is 1. The first-order valence-corrected chi connectivity index (χ1v) is 8.47. The number of Topliss-reactive ketones (excluding diaryl/α,β-unsaturated/α-hetero) is 1. The van der Waals surface area contributed by atoms with Crippen molar-refractivity contribution in [1.82, 2.24) is 0 Å². The molecular weight excluding hydrogens is 312 g/mol. The summed E-state index contributed by atoms with van der Waals surface area (Å²) in [5, 5.41) is 13.3. The average molecular weight is 324 g/mol. The first kappa shape index (κ1) is 14.8. The van der Waals surface area contributed by atoms with Gasteiger partial charge in [-0.2, -0.15) is 5.26 Å². The van der Waals surface area contributed by atoms with Crippen molar-refractivity contribution in [2.75, 3.05) is 11.1 Å². The van der Waals surface area contributed by atoms with Crippen LogP contribution in [0.1, 0.15) is 10.4 Å². The molecule has 5 heteroatoms. The van der Waals surface area contributed by atoms with Gasteiger partial charge in [-0.25, -0.2) is 0 Å². The van der Waals surface area contributed by atoms with Crippen LogP contribution in [-0.4, -0.2) is 11.5 Å². The first-order chi connectivity index (χ1) is 10.8. The summed E-state index contributed by atoms with van der Waals surface area (Å²) in [7, 11) is 0. The van der Waals surface area contributed by atoms with Crippen LogP contribution in [0, 0.1) is 11.3 Å². The lowest BCUT2D eigenvalue weighted by Crippen LogP contribution is -2.08. The number of thioether (sulfide) groups is 2. The van der Waals surface area contributed by atoms with Crippen molar-refractivity contribution < 1.29 is 4.79 Å². The van der Waals surface area contributed by atoms with Crippen molar-refractivity contribution in [1.29, 1.82) is 5.26 Å². The zero-order valence-electron chi connectivity index (χ0n) is 11.6. The molecule has 0 amide bonds. The molecule has 0 unspecified atom stereocenters. The van der Waals surface area contributed by atoms with Gasteiger partial charge >= 0.3 is 0 Å². The third kappa shape index (κ3) is 3.19. The van der Waals surface area contributed by atoms with Crippen LogP contribution < -0.4 is 5.32 Å². The molecule has 3 rings (SSSR count). The van der Waals surface area contributed by atoms with E-state index in [-0.39, 0.29) is 5.78 Å². The maximum Gasteiger partial charge on any atom is 0.173 e. The minimum absolute atomic E-state index is 0.0565. The molecule has 1 aliphatic heterocycles. The largest absolute Gasteiger partial charge is 0.348 e. The predicted molar refractivity (Wildman–Crippen MR) is 91.8 cm³/mol. The van der Waals surface area contributed by atoms with E-state index in [9.17, 15) is 10.1 Å². The molecule has 1 heterocycles. The molecule has 108 valence electrons. The zero-order valence-corrected chi connectivity index (χ0v) is 13.2. The van der Waals surface area contributed by atoms with Crippen molar-refractivity contribution in [3.05, 3.63) is 70.1 Å². The van der Waals surface area contributed by atoms with Crippen LogP contribution in [0.2, 0.25) is 0 Å². The van der Waals surface area contributed by atoms with Crippen molar-refractivity contribution in [2.45, 2.75) is 4.90 Å². The summed E-state index contributed by atoms with van der Waals surface area (Å²) in [6.07, 6.45) is 0. The van der Waals surface area contributed by atoms with Crippen LogP contribution >= 0.6 is 23.5 Å². The molecule has 0 radical (unpaired) electrons. The van der Waals surface area contributed by atoms with Crippen LogP contribution in [0.5, 0.6) is 0 Å². The molecule has 2 aromatic rings. The number of benzene rings is 2. The lowest BCUT2D eigenvalue weighted by atomic mass is 10.2. The number of allylic oxidation sites excluding steroid dienone is 1. The second kappa shape index (κ2) is 6.73. The molecule has 0 aliphatic carbocycles. The number of para-hydroxylation sites is 1. The summed E-state index contributed by atoms with van der Waals surface area (Å²) in [5.74, 6) is 0.362. The number of nitriles is 1. The number of fused-ring (bicyclic) bond motifs is 1. The minimum atomic E-state index is 0.0565. The summed E-state index contributed by atoms with van der Waals surface area (Å²) in [5.41, 5.74) is 1.67. The fourth-order valence-corrected chi connectivity index (χ4v) is 3.90. The average Bonchev–Trinajstić information content (AvgIpc) is 2.59. The van der Waals surface area contributed by atoms with Gasteiger partial charge in [0.1, 0.15) is 11.0 Å². The summed E-state index contributed by atoms with van der Waals surface area (Å²) >= 11 is 2.81. The molecule has 0 fully saturated rings. The second-order valence-electron chi connectivity index (χ2n) is 4.57. The Labute approximate surface area is 137 Å². The summed E-state index contributed by atoms with van der Waals surface area (Å²) in [6, 6.07) is 19.2. The maximum atomic E-state index is 12.2. The van der Waals surface area contributed by atoms with E-state index in [2.05, 4.69) is 11.4 Å². The smallest absolute Gasteiger partial charge is 0.173 e. The topological polar surface area (TPSA) is 52.9 Å². The number of hydrogen-bond acceptors (Lipinski definition) is 5. The molecule has 0 spiro atoms. The van der Waals surface area contributed by atoms with Crippen molar-refractivity contribution in [2.24, 2.45) is 0 Å². The molecule has 3 nitrogen and oxygen atoms in total. The quantitative estimate of drug-likeness (QED) is 0.838. The van der Waals surface area contributed by atoms with Gasteiger partial charge in [-0.05, 0) is 12.1 Å². The Morgan fingerprint density at radius 2 is 1.86 bits per heavy atom. The van der Waals surface area contributed by atoms with Gasteiger partial charge in [0, 0.05) is 10.5 Å². The molecule has 22 heavy (non-hydrogen) atoms. The Hall–Kier alpha value is -2.16. The standard InChI is InChI=1S/C17H12N2OS2/c18-10-16-17(19-13-8-4-5-9-15(13)22-16)21-11-14(20)12-6-2-1-3-7-12/h1-9,19H,11H2. The highest BCUT2D eigenvalue weighted by atomic mass is 32.2. The van der Waals surface area contributed by atoms with Gasteiger partial charge < -0.3 is 5.32 Å². The zero-order chi connectivity index (χ0) is 15.4. The molecule has 0 bridgehead atoms. The number of nitrogens with zero attached hydrogens (tertiary/aromatic N) is 1. The van der Waals surface area contributed by atoms with Gasteiger partial charge in [0.05, 0.1) is 16.5 Å². The third-order valence-electron chi connectivity index (χ3n) is 3.10. The summed E-state index contributed by atoms with van der Waals surface area (Å²) < 4.78 is 0. The Kier molecular flexibility index (Phi) is 4.52. The van der Waals surface area contributed by atoms with Crippen LogP contribution in [0.4, 0.5) is 5.69 Å². The van der Waals surface area contributed by atoms with Crippen LogP contribution in [0.25, 0.3) is 0 Å². The lowest BCUT2D eigenvalue weighted by molar-refractivity contribution is 0.102. The molecule has 1 N–H and O–H groups in total. The van der Waals surface area contributed by atoms with Gasteiger partial charge in [0.15, 0.2) is 5.78 Å². The van der Waals surface area contributed by atoms with Gasteiger partial charge in [0.25, 0.3) is 0 Å². The number of carbonyl (C=O) groups is 1. The van der Waals surface area contributed by atoms with Crippen molar-refractivity contribution in [3.8, 4) is 6.07 Å². The molecule has 0 atom stereocenters. The fourth-order valence-electron chi connectivity index (χ4n) is 2.01. The van der Waals surface area contributed by atoms with Crippen LogP contribution in [-0.2, 0) is 0 Å². The van der Waals surface area contributed by atoms with E-state index in [1.165, 1.54) is 23.5 Å². The highest BCUT2D eigenvalue weighted by Crippen LogP contribution is 2.42. The van der Waals surface area contributed by atoms with Crippen LogP contribution in [0.3, 0.4) is 0 Å². The molecule has 1 aliphatic rings. The highest BCUT2D eigenvalue weighted by molar-refractivity contribution is 8.07. The Morgan fingerprint density at radius 1 is 1.14 bits per heavy atom. The van der Waals surface area contributed by atoms with Crippen molar-refractivity contribution in [3.63, 3.8) is 0 Å². The van der Waals surface area contributed by atoms with E-state index in [0.29, 0.717) is 16.2 Å². The van der Waals surface area contributed by atoms with E-state index in [1.807, 2.05) is 42.5 Å². The first-order valence-electron chi connectivity index (χ1n) is 6.67. The van der Waals surface area contributed by atoms with Gasteiger partial charge in [-0.3, -0.25) is 4.79 Å². The molecule has 2 aromatic carbocycles. The Balaban J connectivity index is 1.73. The van der Waals surface area contributed by atoms with Crippen LogP contribution in [0.15, 0.2) is 69.4 Å².